The van der Waals surface area contributed by atoms with Gasteiger partial charge in [-0.15, -0.1) is 0 Å². The molecule has 136 valence electrons. The number of nitrogens with one attached hydrogen (secondary N) is 1. The van der Waals surface area contributed by atoms with Crippen molar-refractivity contribution in [3.63, 3.8) is 0 Å². The summed E-state index contributed by atoms with van der Waals surface area (Å²) in [7, 11) is 0. The van der Waals surface area contributed by atoms with Gasteiger partial charge in [-0.25, -0.2) is 4.98 Å². The number of carbonyl (C=O) groups is 2. The van der Waals surface area contributed by atoms with Crippen molar-refractivity contribution in [3.8, 4) is 0 Å². The summed E-state index contributed by atoms with van der Waals surface area (Å²) in [6.07, 6.45) is 5.54. The van der Waals surface area contributed by atoms with E-state index in [4.69, 9.17) is 5.73 Å². The van der Waals surface area contributed by atoms with Crippen molar-refractivity contribution in [2.75, 3.05) is 22.5 Å². The summed E-state index contributed by atoms with van der Waals surface area (Å²) in [6.45, 7) is 3.99. The number of carbonyl (C=O) groups excluding carboxylic acids is 2. The highest BCUT2D eigenvalue weighted by Crippen LogP contribution is 2.53. The van der Waals surface area contributed by atoms with E-state index in [0.29, 0.717) is 18.1 Å². The number of pyridine rings is 1. The van der Waals surface area contributed by atoms with Crippen LogP contribution in [-0.2, 0) is 9.59 Å². The predicted molar refractivity (Wildman–Crippen MR) is 102 cm³/mol. The Kier molecular flexibility index (Phi) is 5.34. The topological polar surface area (TPSA) is 88.3 Å². The minimum absolute atomic E-state index is 0.0465. The Morgan fingerprint density at radius 3 is 2.72 bits per heavy atom. The Morgan fingerprint density at radius 1 is 1.40 bits per heavy atom. The number of anilines is 2. The van der Waals surface area contributed by atoms with Crippen LogP contribution in [0.2, 0.25) is 0 Å². The average molecular weight is 362 g/mol. The molecule has 2 aliphatic rings. The lowest BCUT2D eigenvalue weighted by Gasteiger charge is -2.50. The van der Waals surface area contributed by atoms with E-state index in [2.05, 4.69) is 10.3 Å². The number of hydrogen-bond acceptors (Lipinski definition) is 5. The summed E-state index contributed by atoms with van der Waals surface area (Å²) in [5, 5.41) is 2.95. The van der Waals surface area contributed by atoms with Crippen molar-refractivity contribution < 1.29 is 9.59 Å². The van der Waals surface area contributed by atoms with Crippen LogP contribution in [0.5, 0.6) is 0 Å². The first-order valence-electron chi connectivity index (χ1n) is 8.87. The van der Waals surface area contributed by atoms with E-state index < -0.39 is 0 Å². The zero-order chi connectivity index (χ0) is 18.0. The third-order valence-corrected chi connectivity index (χ3v) is 6.68. The number of aromatic nitrogens is 1. The molecule has 0 bridgehead atoms. The summed E-state index contributed by atoms with van der Waals surface area (Å²) in [4.78, 5) is 29.9. The lowest BCUT2D eigenvalue weighted by atomic mass is 9.70. The molecule has 3 N–H and O–H groups in total. The number of hydrogen-bond donors (Lipinski definition) is 2. The first kappa shape index (κ1) is 18.2. The Hall–Kier alpha value is -1.60. The van der Waals surface area contributed by atoms with Crippen LogP contribution < -0.4 is 16.0 Å². The molecule has 3 rings (SSSR count). The van der Waals surface area contributed by atoms with E-state index in [1.807, 2.05) is 18.7 Å². The molecule has 1 aromatic rings. The van der Waals surface area contributed by atoms with Gasteiger partial charge in [0, 0.05) is 30.2 Å². The van der Waals surface area contributed by atoms with E-state index in [0.717, 1.165) is 31.4 Å². The summed E-state index contributed by atoms with van der Waals surface area (Å²) in [5.74, 6) is 1.77. The molecule has 2 heterocycles. The number of nitrogens with zero attached hydrogens (tertiary/aromatic N) is 2. The van der Waals surface area contributed by atoms with Crippen LogP contribution in [0.4, 0.5) is 11.5 Å². The molecule has 1 saturated heterocycles. The molecule has 0 aromatic carbocycles. The minimum atomic E-state index is -0.0465. The van der Waals surface area contributed by atoms with Gasteiger partial charge >= 0.3 is 0 Å². The van der Waals surface area contributed by atoms with Crippen LogP contribution in [0.3, 0.4) is 0 Å². The van der Waals surface area contributed by atoms with Gasteiger partial charge in [-0.05, 0) is 50.5 Å². The van der Waals surface area contributed by atoms with Crippen molar-refractivity contribution in [3.05, 3.63) is 18.3 Å². The van der Waals surface area contributed by atoms with Crippen molar-refractivity contribution in [2.45, 2.75) is 50.3 Å². The van der Waals surface area contributed by atoms with Gasteiger partial charge in [0.15, 0.2) is 0 Å². The molecule has 1 aromatic heterocycles. The highest BCUT2D eigenvalue weighted by atomic mass is 32.2. The number of nitrogens with two attached hydrogens (primary N) is 1. The van der Waals surface area contributed by atoms with Crippen LogP contribution in [0.15, 0.2) is 18.3 Å². The molecule has 1 unspecified atom stereocenters. The van der Waals surface area contributed by atoms with Gasteiger partial charge in [-0.1, -0.05) is 0 Å². The van der Waals surface area contributed by atoms with Crippen LogP contribution in [-0.4, -0.2) is 39.9 Å². The molecule has 2 fully saturated rings. The van der Waals surface area contributed by atoms with Crippen LogP contribution in [0.25, 0.3) is 0 Å². The first-order chi connectivity index (χ1) is 11.9. The Morgan fingerprint density at radius 2 is 2.16 bits per heavy atom. The van der Waals surface area contributed by atoms with Gasteiger partial charge in [0.2, 0.25) is 11.8 Å². The van der Waals surface area contributed by atoms with Crippen LogP contribution in [0.1, 0.15) is 39.5 Å². The predicted octanol–water partition coefficient (Wildman–Crippen LogP) is 2.40. The largest absolute Gasteiger partial charge is 0.328 e. The maximum atomic E-state index is 12.4. The van der Waals surface area contributed by atoms with Gasteiger partial charge < -0.3 is 11.1 Å². The zero-order valence-electron chi connectivity index (χ0n) is 14.8. The van der Waals surface area contributed by atoms with Gasteiger partial charge in [-0.3, -0.25) is 14.5 Å². The highest BCUT2D eigenvalue weighted by Gasteiger charge is 2.49. The van der Waals surface area contributed by atoms with Gasteiger partial charge in [0.1, 0.15) is 5.82 Å². The summed E-state index contributed by atoms with van der Waals surface area (Å²) in [6, 6.07) is 3.84. The fraction of sp³-hybridized carbons (Fsp3) is 0.611. The average Bonchev–Trinajstić information content (AvgIpc) is 2.54. The fourth-order valence-corrected chi connectivity index (χ4v) is 5.61. The van der Waals surface area contributed by atoms with Crippen LogP contribution >= 0.6 is 11.8 Å². The second-order valence-electron chi connectivity index (χ2n) is 7.05. The van der Waals surface area contributed by atoms with Crippen molar-refractivity contribution >= 4 is 35.1 Å². The maximum Gasteiger partial charge on any atom is 0.227 e. The van der Waals surface area contributed by atoms with Gasteiger partial charge in [0.05, 0.1) is 11.9 Å². The zero-order valence-corrected chi connectivity index (χ0v) is 15.6. The van der Waals surface area contributed by atoms with Crippen molar-refractivity contribution in [2.24, 2.45) is 11.7 Å². The number of thioether (sulfide) groups is 1. The Balaban J connectivity index is 1.55. The maximum absolute atomic E-state index is 12.4. The molecule has 7 heteroatoms. The minimum Gasteiger partial charge on any atom is -0.328 e. The lowest BCUT2D eigenvalue weighted by Crippen LogP contribution is -2.51. The fourth-order valence-electron chi connectivity index (χ4n) is 3.78. The van der Waals surface area contributed by atoms with E-state index >= 15 is 0 Å². The van der Waals surface area contributed by atoms with E-state index in [9.17, 15) is 9.59 Å². The van der Waals surface area contributed by atoms with E-state index in [1.165, 1.54) is 6.92 Å². The molecular weight excluding hydrogens is 336 g/mol. The third kappa shape index (κ3) is 3.98. The van der Waals surface area contributed by atoms with E-state index in [-0.39, 0.29) is 28.5 Å². The monoisotopic (exact) mass is 362 g/mol. The second kappa shape index (κ2) is 7.33. The molecule has 25 heavy (non-hydrogen) atoms. The van der Waals surface area contributed by atoms with Gasteiger partial charge in [0.25, 0.3) is 0 Å². The number of amides is 2. The third-order valence-electron chi connectivity index (χ3n) is 5.13. The van der Waals surface area contributed by atoms with Crippen molar-refractivity contribution in [1.29, 1.82) is 0 Å². The Bertz CT molecular complexity index is 643. The second-order valence-corrected chi connectivity index (χ2v) is 8.61. The molecule has 0 radical (unpaired) electrons. The quantitative estimate of drug-likeness (QED) is 0.859. The van der Waals surface area contributed by atoms with E-state index in [1.54, 1.807) is 23.2 Å². The van der Waals surface area contributed by atoms with Gasteiger partial charge in [-0.2, -0.15) is 11.8 Å². The molecule has 1 aliphatic carbocycles. The molecule has 1 saturated carbocycles. The summed E-state index contributed by atoms with van der Waals surface area (Å²) >= 11 is 1.98. The SMILES string of the molecule is CCN(C(C)=O)c1ccc(NC(=O)C2CC3(CC(N)CCS3)C2)cn1. The molecule has 1 aliphatic heterocycles. The molecular formula is C18H26N4O2S. The highest BCUT2D eigenvalue weighted by molar-refractivity contribution is 8.00. The number of rotatable bonds is 4. The first-order valence-corrected chi connectivity index (χ1v) is 9.85. The molecule has 2 amide bonds. The standard InChI is InChI=1S/C18H26N4O2S/c1-3-22(12(2)23)16-5-4-15(11-20-16)21-17(24)13-8-18(9-13)10-14(19)6-7-25-18/h4-5,11,13-14H,3,6-10,19H2,1-2H3,(H,21,24). The smallest absolute Gasteiger partial charge is 0.227 e. The normalized spacial score (nSPS) is 28.3. The molecule has 1 spiro atoms. The summed E-state index contributed by atoms with van der Waals surface area (Å²) in [5.41, 5.74) is 6.75. The van der Waals surface area contributed by atoms with Crippen LogP contribution in [0, 0.1) is 5.92 Å². The Labute approximate surface area is 152 Å². The molecule has 1 atom stereocenters. The van der Waals surface area contributed by atoms with Crippen molar-refractivity contribution in [1.82, 2.24) is 4.98 Å². The lowest BCUT2D eigenvalue weighted by molar-refractivity contribution is -0.123. The molecule has 6 nitrogen and oxygen atoms in total. The summed E-state index contributed by atoms with van der Waals surface area (Å²) < 4.78 is 0.227.